The van der Waals surface area contributed by atoms with E-state index in [-0.39, 0.29) is 0 Å². The van der Waals surface area contributed by atoms with Crippen LogP contribution in [0.15, 0.2) is 24.3 Å². The van der Waals surface area contributed by atoms with Gasteiger partial charge in [-0.3, -0.25) is 0 Å². The summed E-state index contributed by atoms with van der Waals surface area (Å²) in [6.45, 7) is 11.4. The van der Waals surface area contributed by atoms with Crippen molar-refractivity contribution in [3.8, 4) is 0 Å². The van der Waals surface area contributed by atoms with E-state index in [1.165, 1.54) is 43.5 Å². The van der Waals surface area contributed by atoms with Crippen LogP contribution in [0.4, 0.5) is 0 Å². The van der Waals surface area contributed by atoms with E-state index >= 15 is 0 Å². The van der Waals surface area contributed by atoms with Crippen molar-refractivity contribution in [3.05, 3.63) is 35.4 Å². The minimum atomic E-state index is 0.471. The molecule has 2 heteroatoms. The van der Waals surface area contributed by atoms with E-state index in [0.29, 0.717) is 6.04 Å². The molecule has 112 valence electrons. The Bertz CT molecular complexity index is 377. The van der Waals surface area contributed by atoms with Crippen LogP contribution in [0.5, 0.6) is 0 Å². The smallest absolute Gasteiger partial charge is 0.0449 e. The molecule has 0 spiro atoms. The Hall–Kier alpha value is -0.860. The molecule has 20 heavy (non-hydrogen) atoms. The number of likely N-dealkylation sites (tertiary alicyclic amines) is 1. The van der Waals surface area contributed by atoms with Gasteiger partial charge in [0.15, 0.2) is 0 Å². The van der Waals surface area contributed by atoms with Gasteiger partial charge in [0.05, 0.1) is 0 Å². The zero-order valence-electron chi connectivity index (χ0n) is 13.4. The van der Waals surface area contributed by atoms with Crippen molar-refractivity contribution in [2.24, 2.45) is 5.92 Å². The van der Waals surface area contributed by atoms with Crippen LogP contribution in [-0.4, -0.2) is 31.1 Å². The first-order valence-electron chi connectivity index (χ1n) is 8.25. The molecule has 1 aliphatic heterocycles. The second-order valence-electron chi connectivity index (χ2n) is 6.17. The van der Waals surface area contributed by atoms with Gasteiger partial charge in [0, 0.05) is 12.6 Å². The highest BCUT2D eigenvalue weighted by Gasteiger charge is 2.21. The van der Waals surface area contributed by atoms with Gasteiger partial charge in [-0.25, -0.2) is 0 Å². The van der Waals surface area contributed by atoms with E-state index < -0.39 is 0 Å². The SMILES string of the molecule is CCNC(CN1CCC(CC)CC1)c1ccc(C)cc1. The lowest BCUT2D eigenvalue weighted by molar-refractivity contribution is 0.166. The van der Waals surface area contributed by atoms with Gasteiger partial charge in [-0.1, -0.05) is 50.1 Å². The number of rotatable bonds is 6. The van der Waals surface area contributed by atoms with Crippen molar-refractivity contribution < 1.29 is 0 Å². The second-order valence-corrected chi connectivity index (χ2v) is 6.17. The van der Waals surface area contributed by atoms with Crippen LogP contribution in [0.25, 0.3) is 0 Å². The Balaban J connectivity index is 1.94. The van der Waals surface area contributed by atoms with Gasteiger partial charge in [0.2, 0.25) is 0 Å². The van der Waals surface area contributed by atoms with E-state index in [4.69, 9.17) is 0 Å². The first-order chi connectivity index (χ1) is 9.72. The van der Waals surface area contributed by atoms with Crippen molar-refractivity contribution >= 4 is 0 Å². The number of piperidine rings is 1. The van der Waals surface area contributed by atoms with E-state index in [1.54, 1.807) is 0 Å². The number of likely N-dealkylation sites (N-methyl/N-ethyl adjacent to an activating group) is 1. The third-order valence-electron chi connectivity index (χ3n) is 4.66. The molecule has 1 aromatic carbocycles. The summed E-state index contributed by atoms with van der Waals surface area (Å²) in [5.41, 5.74) is 2.77. The average Bonchev–Trinajstić information content (AvgIpc) is 2.48. The molecule has 2 rings (SSSR count). The van der Waals surface area contributed by atoms with Crippen LogP contribution in [0.3, 0.4) is 0 Å². The largest absolute Gasteiger partial charge is 0.309 e. The molecule has 0 radical (unpaired) electrons. The Labute approximate surface area is 124 Å². The van der Waals surface area contributed by atoms with Gasteiger partial charge < -0.3 is 10.2 Å². The maximum Gasteiger partial charge on any atom is 0.0449 e. The standard InChI is InChI=1S/C18H30N2/c1-4-16-10-12-20(13-11-16)14-18(19-5-2)17-8-6-15(3)7-9-17/h6-9,16,18-19H,4-5,10-14H2,1-3H3. The van der Waals surface area contributed by atoms with Crippen LogP contribution in [0, 0.1) is 12.8 Å². The quantitative estimate of drug-likeness (QED) is 0.849. The van der Waals surface area contributed by atoms with Crippen LogP contribution in [-0.2, 0) is 0 Å². The molecule has 1 N–H and O–H groups in total. The number of hydrogen-bond acceptors (Lipinski definition) is 2. The van der Waals surface area contributed by atoms with E-state index in [1.807, 2.05) is 0 Å². The molecule has 0 saturated carbocycles. The summed E-state index contributed by atoms with van der Waals surface area (Å²) in [5, 5.41) is 3.65. The summed E-state index contributed by atoms with van der Waals surface area (Å²) in [7, 11) is 0. The number of hydrogen-bond donors (Lipinski definition) is 1. The molecule has 1 unspecified atom stereocenters. The first kappa shape index (κ1) is 15.5. The van der Waals surface area contributed by atoms with Crippen LogP contribution < -0.4 is 5.32 Å². The molecule has 2 nitrogen and oxygen atoms in total. The summed E-state index contributed by atoms with van der Waals surface area (Å²) in [5.74, 6) is 0.961. The highest BCUT2D eigenvalue weighted by Crippen LogP contribution is 2.22. The molecule has 1 saturated heterocycles. The minimum Gasteiger partial charge on any atom is -0.309 e. The van der Waals surface area contributed by atoms with Crippen molar-refractivity contribution in [1.82, 2.24) is 10.2 Å². The average molecular weight is 274 g/mol. The third-order valence-corrected chi connectivity index (χ3v) is 4.66. The maximum atomic E-state index is 3.65. The second kappa shape index (κ2) is 7.80. The Morgan fingerprint density at radius 1 is 1.15 bits per heavy atom. The van der Waals surface area contributed by atoms with E-state index in [2.05, 4.69) is 55.3 Å². The number of nitrogens with one attached hydrogen (secondary N) is 1. The van der Waals surface area contributed by atoms with Crippen LogP contribution >= 0.6 is 0 Å². The van der Waals surface area contributed by atoms with Crippen molar-refractivity contribution in [3.63, 3.8) is 0 Å². The van der Waals surface area contributed by atoms with Gasteiger partial charge in [-0.05, 0) is 50.9 Å². The Morgan fingerprint density at radius 2 is 1.80 bits per heavy atom. The normalized spacial score (nSPS) is 19.1. The topological polar surface area (TPSA) is 15.3 Å². The maximum absolute atomic E-state index is 3.65. The van der Waals surface area contributed by atoms with Crippen molar-refractivity contribution in [2.45, 2.75) is 46.1 Å². The molecule has 0 aromatic heterocycles. The molecule has 1 atom stereocenters. The molecule has 1 aromatic rings. The summed E-state index contributed by atoms with van der Waals surface area (Å²) in [6.07, 6.45) is 4.11. The zero-order valence-corrected chi connectivity index (χ0v) is 13.4. The van der Waals surface area contributed by atoms with E-state index in [9.17, 15) is 0 Å². The van der Waals surface area contributed by atoms with Crippen LogP contribution in [0.1, 0.15) is 50.3 Å². The fourth-order valence-electron chi connectivity index (χ4n) is 3.17. The molecule has 1 aliphatic rings. The monoisotopic (exact) mass is 274 g/mol. The lowest BCUT2D eigenvalue weighted by Gasteiger charge is -2.34. The van der Waals surface area contributed by atoms with Gasteiger partial charge in [-0.2, -0.15) is 0 Å². The summed E-state index contributed by atoms with van der Waals surface area (Å²) < 4.78 is 0. The number of nitrogens with zero attached hydrogens (tertiary/aromatic N) is 1. The highest BCUT2D eigenvalue weighted by atomic mass is 15.2. The lowest BCUT2D eigenvalue weighted by Crippen LogP contribution is -2.40. The molecule has 1 heterocycles. The van der Waals surface area contributed by atoms with Gasteiger partial charge in [0.25, 0.3) is 0 Å². The molecule has 1 fully saturated rings. The zero-order chi connectivity index (χ0) is 14.4. The van der Waals surface area contributed by atoms with Crippen LogP contribution in [0.2, 0.25) is 0 Å². The summed E-state index contributed by atoms with van der Waals surface area (Å²) in [6, 6.07) is 9.48. The first-order valence-corrected chi connectivity index (χ1v) is 8.25. The van der Waals surface area contributed by atoms with E-state index in [0.717, 1.165) is 19.0 Å². The molecule has 0 aliphatic carbocycles. The fourth-order valence-corrected chi connectivity index (χ4v) is 3.17. The Morgan fingerprint density at radius 3 is 2.35 bits per heavy atom. The fraction of sp³-hybridized carbons (Fsp3) is 0.667. The predicted octanol–water partition coefficient (Wildman–Crippen LogP) is 3.77. The molecular weight excluding hydrogens is 244 g/mol. The molecule has 0 amide bonds. The summed E-state index contributed by atoms with van der Waals surface area (Å²) >= 11 is 0. The highest BCUT2D eigenvalue weighted by molar-refractivity contribution is 5.24. The number of benzene rings is 1. The summed E-state index contributed by atoms with van der Waals surface area (Å²) in [4.78, 5) is 2.64. The van der Waals surface area contributed by atoms with Gasteiger partial charge in [-0.15, -0.1) is 0 Å². The minimum absolute atomic E-state index is 0.471. The van der Waals surface area contributed by atoms with Crippen molar-refractivity contribution in [1.29, 1.82) is 0 Å². The molecule has 0 bridgehead atoms. The molecular formula is C18H30N2. The van der Waals surface area contributed by atoms with Gasteiger partial charge >= 0.3 is 0 Å². The third kappa shape index (κ3) is 4.32. The van der Waals surface area contributed by atoms with Gasteiger partial charge in [0.1, 0.15) is 0 Å². The lowest BCUT2D eigenvalue weighted by atomic mass is 9.94. The predicted molar refractivity (Wildman–Crippen MR) is 87.1 cm³/mol. The van der Waals surface area contributed by atoms with Crippen molar-refractivity contribution in [2.75, 3.05) is 26.2 Å². The number of aryl methyl sites for hydroxylation is 1. The Kier molecular flexibility index (Phi) is 6.06.